The average molecular weight is 1480 g/mol. The summed E-state index contributed by atoms with van der Waals surface area (Å²) in [6.07, 6.45) is 66.6. The van der Waals surface area contributed by atoms with Gasteiger partial charge in [0.2, 0.25) is 0 Å². The number of unbranched alkanes of at least 4 members (excludes halogenated alkanes) is 54. The second kappa shape index (κ2) is 74.9. The summed E-state index contributed by atoms with van der Waals surface area (Å²) >= 11 is 0. The van der Waals surface area contributed by atoms with Crippen LogP contribution in [0.1, 0.15) is 439 Å². The van der Waals surface area contributed by atoms with Crippen molar-refractivity contribution in [1.82, 2.24) is 0 Å². The zero-order valence-corrected chi connectivity index (χ0v) is 67.8. The van der Waals surface area contributed by atoms with Crippen LogP contribution in [0, 0.1) is 5.92 Å². The third-order valence-corrected chi connectivity index (χ3v) is 21.2. The standard InChI is InChI=1S/C82H160O17P2/c1-6-9-12-15-18-21-24-27-29-30-31-32-33-34-36-39-42-47-53-58-63-68-82(87)98-77(71-92-79(84)65-60-55-50-45-40-38-35-28-25-22-19-16-13-10-7-2)73-96-100(88,89)94-69-76(83)70-95-101(90,91)97-74-78(72-93-80(85)66-61-56-51-48-43-44-49-54-59-64-75(4)5)99-81(86)67-62-57-52-46-41-37-26-23-20-17-14-11-8-3/h75-78,83H,6-74H2,1-5H3,(H,88,89)(H,90,91)/t76-,77-,78-/m1/s1. The molecule has 0 aliphatic carbocycles. The van der Waals surface area contributed by atoms with Crippen LogP contribution >= 0.6 is 15.6 Å². The number of aliphatic hydroxyl groups excluding tert-OH is 1. The van der Waals surface area contributed by atoms with Gasteiger partial charge in [0.15, 0.2) is 12.2 Å². The van der Waals surface area contributed by atoms with Crippen molar-refractivity contribution in [2.45, 2.75) is 457 Å². The van der Waals surface area contributed by atoms with Gasteiger partial charge in [-0.3, -0.25) is 37.3 Å². The van der Waals surface area contributed by atoms with Gasteiger partial charge in [-0.05, 0) is 31.6 Å². The molecule has 101 heavy (non-hydrogen) atoms. The molecule has 0 spiro atoms. The molecule has 5 atom stereocenters. The smallest absolute Gasteiger partial charge is 0.462 e. The second-order valence-corrected chi connectivity index (χ2v) is 32.9. The summed E-state index contributed by atoms with van der Waals surface area (Å²) in [6, 6.07) is 0. The van der Waals surface area contributed by atoms with Gasteiger partial charge in [0.25, 0.3) is 0 Å². The number of aliphatic hydroxyl groups is 1. The Labute approximate surface area is 619 Å². The van der Waals surface area contributed by atoms with E-state index in [0.29, 0.717) is 25.7 Å². The molecule has 19 heteroatoms. The predicted octanol–water partition coefficient (Wildman–Crippen LogP) is 24.8. The van der Waals surface area contributed by atoms with Crippen molar-refractivity contribution in [3.05, 3.63) is 0 Å². The molecule has 600 valence electrons. The lowest BCUT2D eigenvalue weighted by atomic mass is 10.0. The Morgan fingerprint density at radius 2 is 0.455 bits per heavy atom. The minimum absolute atomic E-state index is 0.108. The van der Waals surface area contributed by atoms with E-state index in [0.717, 1.165) is 95.8 Å². The van der Waals surface area contributed by atoms with Crippen molar-refractivity contribution in [2.24, 2.45) is 5.92 Å². The van der Waals surface area contributed by atoms with Gasteiger partial charge in [-0.1, -0.05) is 388 Å². The zero-order chi connectivity index (χ0) is 74.1. The van der Waals surface area contributed by atoms with Crippen molar-refractivity contribution in [3.63, 3.8) is 0 Å². The zero-order valence-electron chi connectivity index (χ0n) is 66.1. The van der Waals surface area contributed by atoms with Crippen molar-refractivity contribution < 1.29 is 80.2 Å². The maximum absolute atomic E-state index is 13.1. The highest BCUT2D eigenvalue weighted by atomic mass is 31.2. The van der Waals surface area contributed by atoms with Crippen molar-refractivity contribution in [3.8, 4) is 0 Å². The summed E-state index contributed by atoms with van der Waals surface area (Å²) < 4.78 is 68.8. The molecule has 0 fully saturated rings. The summed E-state index contributed by atoms with van der Waals surface area (Å²) in [4.78, 5) is 73.1. The molecule has 0 saturated heterocycles. The van der Waals surface area contributed by atoms with Gasteiger partial charge in [-0.15, -0.1) is 0 Å². The fourth-order valence-electron chi connectivity index (χ4n) is 12.8. The number of esters is 4. The van der Waals surface area contributed by atoms with Crippen LogP contribution in [0.5, 0.6) is 0 Å². The lowest BCUT2D eigenvalue weighted by Gasteiger charge is -2.21. The average Bonchev–Trinajstić information content (AvgIpc) is 0.949. The summed E-state index contributed by atoms with van der Waals surface area (Å²) in [5, 5.41) is 10.6. The number of carbonyl (C=O) groups is 4. The van der Waals surface area contributed by atoms with Gasteiger partial charge in [0.1, 0.15) is 19.3 Å². The van der Waals surface area contributed by atoms with E-state index in [-0.39, 0.29) is 25.7 Å². The number of phosphoric acid groups is 2. The Hall–Kier alpha value is -1.94. The summed E-state index contributed by atoms with van der Waals surface area (Å²) in [5.74, 6) is -1.36. The van der Waals surface area contributed by atoms with Gasteiger partial charge in [0.05, 0.1) is 26.4 Å². The number of hydrogen-bond acceptors (Lipinski definition) is 15. The summed E-state index contributed by atoms with van der Waals surface area (Å²) in [7, 11) is -9.92. The maximum Gasteiger partial charge on any atom is 0.472 e. The largest absolute Gasteiger partial charge is 0.472 e. The molecule has 0 aromatic carbocycles. The van der Waals surface area contributed by atoms with E-state index in [1.807, 2.05) is 0 Å². The Kier molecular flexibility index (Phi) is 73.5. The highest BCUT2D eigenvalue weighted by Gasteiger charge is 2.30. The highest BCUT2D eigenvalue weighted by molar-refractivity contribution is 7.47. The molecule has 0 rings (SSSR count). The second-order valence-electron chi connectivity index (χ2n) is 30.0. The van der Waals surface area contributed by atoms with Crippen molar-refractivity contribution >= 4 is 39.5 Å². The first-order chi connectivity index (χ1) is 49.0. The van der Waals surface area contributed by atoms with Crippen LogP contribution in [0.15, 0.2) is 0 Å². The van der Waals surface area contributed by atoms with Crippen LogP contribution in [0.3, 0.4) is 0 Å². The third-order valence-electron chi connectivity index (χ3n) is 19.3. The maximum atomic E-state index is 13.1. The minimum atomic E-state index is -4.96. The van der Waals surface area contributed by atoms with Gasteiger partial charge in [-0.25, -0.2) is 9.13 Å². The lowest BCUT2D eigenvalue weighted by molar-refractivity contribution is -0.161. The summed E-state index contributed by atoms with van der Waals surface area (Å²) in [5.41, 5.74) is 0. The summed E-state index contributed by atoms with van der Waals surface area (Å²) in [6.45, 7) is 7.32. The molecule has 0 amide bonds. The van der Waals surface area contributed by atoms with E-state index in [9.17, 15) is 43.2 Å². The van der Waals surface area contributed by atoms with Crippen LogP contribution in [0.4, 0.5) is 0 Å². The molecule has 0 bridgehead atoms. The van der Waals surface area contributed by atoms with Gasteiger partial charge >= 0.3 is 39.5 Å². The van der Waals surface area contributed by atoms with E-state index >= 15 is 0 Å². The Bertz CT molecular complexity index is 1930. The fourth-order valence-corrected chi connectivity index (χ4v) is 14.3. The normalized spacial score (nSPS) is 13.8. The van der Waals surface area contributed by atoms with Crippen molar-refractivity contribution in [1.29, 1.82) is 0 Å². The fraction of sp³-hybridized carbons (Fsp3) is 0.951. The van der Waals surface area contributed by atoms with Crippen LogP contribution in [-0.2, 0) is 65.4 Å². The van der Waals surface area contributed by atoms with E-state index < -0.39 is 97.5 Å². The first kappa shape index (κ1) is 99.1. The number of hydrogen-bond donors (Lipinski definition) is 3. The molecule has 2 unspecified atom stereocenters. The number of ether oxygens (including phenoxy) is 4. The van der Waals surface area contributed by atoms with Crippen LogP contribution < -0.4 is 0 Å². The van der Waals surface area contributed by atoms with E-state index in [2.05, 4.69) is 34.6 Å². The molecular weight excluding hydrogens is 1320 g/mol. The molecule has 0 radical (unpaired) electrons. The molecule has 0 aromatic heterocycles. The van der Waals surface area contributed by atoms with E-state index in [4.69, 9.17) is 37.0 Å². The van der Waals surface area contributed by atoms with Crippen LogP contribution in [0.2, 0.25) is 0 Å². The first-order valence-electron chi connectivity index (χ1n) is 42.6. The van der Waals surface area contributed by atoms with Crippen LogP contribution in [-0.4, -0.2) is 96.7 Å². The Morgan fingerprint density at radius 1 is 0.267 bits per heavy atom. The molecule has 3 N–H and O–H groups in total. The molecule has 0 aliphatic heterocycles. The SMILES string of the molecule is CCCCCCCCCCCCCCCCCCCCCCCC(=O)O[C@H](COC(=O)CCCCCCCCCCCCCCCCC)COP(=O)(O)OC[C@@H](O)COP(=O)(O)OC[C@@H](COC(=O)CCCCCCCCCCCC(C)C)OC(=O)CCCCCCCCCCCCCCC. The number of rotatable bonds is 82. The molecule has 0 heterocycles. The molecule has 0 aliphatic rings. The molecule has 17 nitrogen and oxygen atoms in total. The van der Waals surface area contributed by atoms with Gasteiger partial charge in [-0.2, -0.15) is 0 Å². The van der Waals surface area contributed by atoms with Gasteiger partial charge in [0, 0.05) is 25.7 Å². The van der Waals surface area contributed by atoms with E-state index in [1.54, 1.807) is 0 Å². The molecular formula is C82H160O17P2. The monoisotopic (exact) mass is 1480 g/mol. The third kappa shape index (κ3) is 76.1. The predicted molar refractivity (Wildman–Crippen MR) is 414 cm³/mol. The first-order valence-corrected chi connectivity index (χ1v) is 45.6. The van der Waals surface area contributed by atoms with Gasteiger partial charge < -0.3 is 33.8 Å². The van der Waals surface area contributed by atoms with Crippen LogP contribution in [0.25, 0.3) is 0 Å². The lowest BCUT2D eigenvalue weighted by Crippen LogP contribution is -2.30. The number of phosphoric ester groups is 2. The molecule has 0 saturated carbocycles. The number of carbonyl (C=O) groups excluding carboxylic acids is 4. The topological polar surface area (TPSA) is 237 Å². The highest BCUT2D eigenvalue weighted by Crippen LogP contribution is 2.45. The Balaban J connectivity index is 5.23. The molecule has 0 aromatic rings. The van der Waals surface area contributed by atoms with E-state index in [1.165, 1.54) is 263 Å². The minimum Gasteiger partial charge on any atom is -0.462 e. The van der Waals surface area contributed by atoms with Crippen molar-refractivity contribution in [2.75, 3.05) is 39.6 Å². The quantitative estimate of drug-likeness (QED) is 0.0222. The Morgan fingerprint density at radius 3 is 0.673 bits per heavy atom.